The van der Waals surface area contributed by atoms with Gasteiger partial charge in [0.25, 0.3) is 5.91 Å². The van der Waals surface area contributed by atoms with Crippen LogP contribution in [0.15, 0.2) is 35.0 Å². The Morgan fingerprint density at radius 2 is 2.00 bits per heavy atom. The zero-order valence-corrected chi connectivity index (χ0v) is 16.1. The molecule has 2 atom stereocenters. The van der Waals surface area contributed by atoms with Crippen LogP contribution in [0, 0.1) is 0 Å². The number of rotatable bonds is 6. The Morgan fingerprint density at radius 1 is 1.25 bits per heavy atom. The number of likely N-dealkylation sites (N-methyl/N-ethyl adjacent to an activating group) is 1. The molecule has 2 aromatic heterocycles. The molecule has 3 rings (SSSR count). The molecule has 0 N–H and O–H groups in total. The van der Waals surface area contributed by atoms with Crippen LogP contribution in [-0.2, 0) is 4.79 Å². The van der Waals surface area contributed by atoms with Crippen LogP contribution in [-0.4, -0.2) is 46.5 Å². The van der Waals surface area contributed by atoms with Crippen LogP contribution in [0.2, 0.25) is 0 Å². The van der Waals surface area contributed by atoms with E-state index in [1.165, 1.54) is 16.2 Å². The summed E-state index contributed by atoms with van der Waals surface area (Å²) in [5, 5.41) is 4.00. The maximum atomic E-state index is 12.5. The number of carbonyl (C=O) groups is 2. The third-order valence-electron chi connectivity index (χ3n) is 4.05. The Hall–Kier alpha value is -1.31. The smallest absolute Gasteiger partial charge is 0.263 e. The summed E-state index contributed by atoms with van der Waals surface area (Å²) in [6.07, 6.45) is 0. The fourth-order valence-corrected chi connectivity index (χ4v) is 5.69. The zero-order chi connectivity index (χ0) is 17.1. The number of amides is 2. The summed E-state index contributed by atoms with van der Waals surface area (Å²) in [4.78, 5) is 30.7. The lowest BCUT2D eigenvalue weighted by molar-refractivity contribution is -0.129. The Kier molecular flexibility index (Phi) is 5.63. The monoisotopic (exact) mass is 380 g/mol. The summed E-state index contributed by atoms with van der Waals surface area (Å²) in [6, 6.07) is 7.84. The lowest BCUT2D eigenvalue weighted by Crippen LogP contribution is -2.40. The molecule has 4 nitrogen and oxygen atoms in total. The number of hydrogen-bond acceptors (Lipinski definition) is 5. The molecule has 1 saturated heterocycles. The summed E-state index contributed by atoms with van der Waals surface area (Å²) in [5.74, 6) is 0.213. The van der Waals surface area contributed by atoms with E-state index in [2.05, 4.69) is 6.07 Å². The Labute approximate surface area is 154 Å². The van der Waals surface area contributed by atoms with E-state index < -0.39 is 0 Å². The molecule has 0 aliphatic carbocycles. The number of nitrogens with zero attached hydrogens (tertiary/aromatic N) is 2. The van der Waals surface area contributed by atoms with E-state index in [4.69, 9.17) is 0 Å². The van der Waals surface area contributed by atoms with E-state index >= 15 is 0 Å². The number of thiophene rings is 2. The molecule has 0 radical (unpaired) electrons. The number of thioether (sulfide) groups is 1. The first-order valence-corrected chi connectivity index (χ1v) is 10.6. The molecular formula is C17H20N2O2S3. The second kappa shape index (κ2) is 7.72. The van der Waals surface area contributed by atoms with Crippen molar-refractivity contribution in [2.45, 2.75) is 24.5 Å². The predicted molar refractivity (Wildman–Crippen MR) is 102 cm³/mol. The van der Waals surface area contributed by atoms with E-state index in [1.807, 2.05) is 52.6 Å². The molecule has 0 spiro atoms. The fraction of sp³-hybridized carbons (Fsp3) is 0.412. The molecule has 7 heteroatoms. The van der Waals surface area contributed by atoms with Crippen molar-refractivity contribution in [3.8, 4) is 0 Å². The summed E-state index contributed by atoms with van der Waals surface area (Å²) in [5.41, 5.74) is 0. The van der Waals surface area contributed by atoms with Gasteiger partial charge in [0, 0.05) is 24.5 Å². The second-order valence-electron chi connectivity index (χ2n) is 5.54. The van der Waals surface area contributed by atoms with Gasteiger partial charge in [0.2, 0.25) is 5.91 Å². The van der Waals surface area contributed by atoms with E-state index in [0.29, 0.717) is 19.6 Å². The number of hydrogen-bond donors (Lipinski definition) is 0. The van der Waals surface area contributed by atoms with Crippen LogP contribution in [0.5, 0.6) is 0 Å². The number of carbonyl (C=O) groups excluding carboxylic acids is 2. The highest BCUT2D eigenvalue weighted by molar-refractivity contribution is 8.01. The maximum absolute atomic E-state index is 12.5. The minimum atomic E-state index is -0.0276. The van der Waals surface area contributed by atoms with Gasteiger partial charge in [-0.15, -0.1) is 34.4 Å². The minimum Gasteiger partial charge on any atom is -0.336 e. The largest absolute Gasteiger partial charge is 0.336 e. The lowest BCUT2D eigenvalue weighted by atomic mass is 10.3. The topological polar surface area (TPSA) is 40.6 Å². The van der Waals surface area contributed by atoms with Crippen molar-refractivity contribution in [3.63, 3.8) is 0 Å². The van der Waals surface area contributed by atoms with Crippen LogP contribution in [0.25, 0.3) is 0 Å². The van der Waals surface area contributed by atoms with Gasteiger partial charge in [0.05, 0.1) is 10.1 Å². The Bertz CT molecular complexity index is 685. The molecule has 0 aromatic carbocycles. The van der Waals surface area contributed by atoms with Gasteiger partial charge >= 0.3 is 0 Å². The Balaban J connectivity index is 1.69. The van der Waals surface area contributed by atoms with Crippen molar-refractivity contribution in [2.75, 3.05) is 19.6 Å². The molecular weight excluding hydrogens is 360 g/mol. The van der Waals surface area contributed by atoms with Gasteiger partial charge in [0.15, 0.2) is 0 Å². The lowest BCUT2D eigenvalue weighted by Gasteiger charge is -2.27. The molecule has 3 heterocycles. The van der Waals surface area contributed by atoms with Gasteiger partial charge in [-0.05, 0) is 36.7 Å². The van der Waals surface area contributed by atoms with E-state index in [9.17, 15) is 9.59 Å². The fourth-order valence-electron chi connectivity index (χ4n) is 2.74. The molecule has 1 aliphatic rings. The molecule has 128 valence electrons. The molecule has 2 amide bonds. The van der Waals surface area contributed by atoms with Gasteiger partial charge in [-0.2, -0.15) is 0 Å². The zero-order valence-electron chi connectivity index (χ0n) is 13.7. The molecule has 1 aliphatic heterocycles. The van der Waals surface area contributed by atoms with E-state index in [-0.39, 0.29) is 22.4 Å². The molecule has 0 saturated carbocycles. The summed E-state index contributed by atoms with van der Waals surface area (Å²) in [7, 11) is 0. The average molecular weight is 381 g/mol. The minimum absolute atomic E-state index is 0.0276. The van der Waals surface area contributed by atoms with Crippen molar-refractivity contribution in [2.24, 2.45) is 0 Å². The van der Waals surface area contributed by atoms with Crippen molar-refractivity contribution in [3.05, 3.63) is 44.8 Å². The highest BCUT2D eigenvalue weighted by Gasteiger charge is 2.39. The quantitative estimate of drug-likeness (QED) is 0.762. The predicted octanol–water partition coefficient (Wildman–Crippen LogP) is 3.93. The van der Waals surface area contributed by atoms with Gasteiger partial charge in [-0.3, -0.25) is 9.59 Å². The third-order valence-corrected chi connectivity index (χ3v) is 7.35. The molecule has 0 unspecified atom stereocenters. The molecule has 24 heavy (non-hydrogen) atoms. The van der Waals surface area contributed by atoms with Crippen LogP contribution in [0.3, 0.4) is 0 Å². The molecule has 0 bridgehead atoms. The van der Waals surface area contributed by atoms with Gasteiger partial charge in [-0.1, -0.05) is 12.1 Å². The van der Waals surface area contributed by atoms with Crippen molar-refractivity contribution < 1.29 is 9.59 Å². The van der Waals surface area contributed by atoms with Gasteiger partial charge in [0.1, 0.15) is 5.37 Å². The third kappa shape index (κ3) is 3.53. The van der Waals surface area contributed by atoms with Gasteiger partial charge < -0.3 is 9.80 Å². The van der Waals surface area contributed by atoms with E-state index in [0.717, 1.165) is 4.88 Å². The van der Waals surface area contributed by atoms with Crippen LogP contribution < -0.4 is 0 Å². The normalized spacial score (nSPS) is 20.6. The molecule has 2 aromatic rings. The first kappa shape index (κ1) is 17.5. The average Bonchev–Trinajstić information content (AvgIpc) is 3.32. The first-order valence-electron chi connectivity index (χ1n) is 7.94. The van der Waals surface area contributed by atoms with Crippen molar-refractivity contribution in [1.29, 1.82) is 0 Å². The summed E-state index contributed by atoms with van der Waals surface area (Å²) in [6.45, 7) is 5.72. The SMILES string of the molecule is CCN(CCN1C(=O)[C@H](C)S[C@@H]1c1cccs1)C(=O)c1cccs1. The first-order chi connectivity index (χ1) is 11.6. The standard InChI is InChI=1S/C17H20N2O2S3/c1-3-18(16(21)13-6-4-10-22-13)8-9-19-15(20)12(2)24-17(19)14-7-5-11-23-14/h4-7,10-12,17H,3,8-9H2,1-2H3/t12-,17+/m0/s1. The van der Waals surface area contributed by atoms with Crippen LogP contribution in [0.4, 0.5) is 0 Å². The van der Waals surface area contributed by atoms with Crippen molar-refractivity contribution in [1.82, 2.24) is 9.80 Å². The van der Waals surface area contributed by atoms with Gasteiger partial charge in [-0.25, -0.2) is 0 Å². The summed E-state index contributed by atoms with van der Waals surface area (Å²) < 4.78 is 0. The van der Waals surface area contributed by atoms with Crippen molar-refractivity contribution >= 4 is 46.2 Å². The Morgan fingerprint density at radius 3 is 2.62 bits per heavy atom. The second-order valence-corrected chi connectivity index (χ2v) is 8.89. The maximum Gasteiger partial charge on any atom is 0.263 e. The van der Waals surface area contributed by atoms with Crippen LogP contribution >= 0.6 is 34.4 Å². The molecule has 1 fully saturated rings. The summed E-state index contributed by atoms with van der Waals surface area (Å²) >= 11 is 4.83. The van der Waals surface area contributed by atoms with Crippen LogP contribution in [0.1, 0.15) is 33.8 Å². The highest BCUT2D eigenvalue weighted by Crippen LogP contribution is 2.44. The highest BCUT2D eigenvalue weighted by atomic mass is 32.2. The van der Waals surface area contributed by atoms with E-state index in [1.54, 1.807) is 23.1 Å².